The van der Waals surface area contributed by atoms with E-state index in [0.29, 0.717) is 17.9 Å². The fraction of sp³-hybridized carbons (Fsp3) is 0.414. The van der Waals surface area contributed by atoms with Gasteiger partial charge in [0.15, 0.2) is 5.76 Å². The number of para-hydroxylation sites is 1. The van der Waals surface area contributed by atoms with E-state index in [9.17, 15) is 5.11 Å². The molecule has 2 aromatic carbocycles. The SMILES string of the molecule is OCC(C1CCN(c2ncc(-c3ccccc3)o2)CC1)N1CCC(c2c[nH]c3ccccc23)CC1. The number of piperidine rings is 2. The number of aromatic amines is 1. The van der Waals surface area contributed by atoms with E-state index in [4.69, 9.17) is 4.42 Å². The number of likely N-dealkylation sites (tertiary alicyclic amines) is 1. The minimum Gasteiger partial charge on any atom is -0.423 e. The number of anilines is 1. The fourth-order valence-corrected chi connectivity index (χ4v) is 6.16. The lowest BCUT2D eigenvalue weighted by Gasteiger charge is -2.43. The van der Waals surface area contributed by atoms with Gasteiger partial charge in [0, 0.05) is 41.8 Å². The molecule has 6 rings (SSSR count). The molecule has 0 amide bonds. The van der Waals surface area contributed by atoms with Crippen molar-refractivity contribution in [3.8, 4) is 11.3 Å². The van der Waals surface area contributed by atoms with Gasteiger partial charge in [-0.3, -0.25) is 4.90 Å². The van der Waals surface area contributed by atoms with E-state index in [2.05, 4.69) is 50.2 Å². The van der Waals surface area contributed by atoms with Crippen molar-refractivity contribution in [2.75, 3.05) is 37.7 Å². The Bertz CT molecular complexity index is 1230. The number of aromatic nitrogens is 2. The maximum Gasteiger partial charge on any atom is 0.297 e. The van der Waals surface area contributed by atoms with Crippen LogP contribution in [-0.4, -0.2) is 58.8 Å². The lowest BCUT2D eigenvalue weighted by atomic mass is 9.85. The molecule has 2 fully saturated rings. The minimum absolute atomic E-state index is 0.236. The Balaban J connectivity index is 1.05. The number of nitrogens with zero attached hydrogens (tertiary/aromatic N) is 3. The summed E-state index contributed by atoms with van der Waals surface area (Å²) in [7, 11) is 0. The molecule has 6 heteroatoms. The van der Waals surface area contributed by atoms with Crippen molar-refractivity contribution in [2.24, 2.45) is 5.92 Å². The van der Waals surface area contributed by atoms with Crippen LogP contribution < -0.4 is 4.90 Å². The predicted octanol–water partition coefficient (Wildman–Crippen LogP) is 5.28. The zero-order valence-corrected chi connectivity index (χ0v) is 20.1. The van der Waals surface area contributed by atoms with Crippen molar-refractivity contribution in [2.45, 2.75) is 37.6 Å². The fourth-order valence-electron chi connectivity index (χ4n) is 6.16. The van der Waals surface area contributed by atoms with Crippen LogP contribution in [0.1, 0.15) is 37.2 Å². The van der Waals surface area contributed by atoms with Gasteiger partial charge < -0.3 is 19.4 Å². The van der Waals surface area contributed by atoms with Crippen molar-refractivity contribution in [3.63, 3.8) is 0 Å². The van der Waals surface area contributed by atoms with Gasteiger partial charge in [-0.2, -0.15) is 0 Å². The molecular formula is C29H34N4O2. The number of benzene rings is 2. The number of hydrogen-bond donors (Lipinski definition) is 2. The van der Waals surface area contributed by atoms with Crippen LogP contribution in [0.25, 0.3) is 22.2 Å². The van der Waals surface area contributed by atoms with Crippen LogP contribution in [0.5, 0.6) is 0 Å². The van der Waals surface area contributed by atoms with Crippen LogP contribution in [0.2, 0.25) is 0 Å². The second-order valence-electron chi connectivity index (χ2n) is 10.0. The largest absolute Gasteiger partial charge is 0.423 e. The van der Waals surface area contributed by atoms with E-state index >= 15 is 0 Å². The van der Waals surface area contributed by atoms with E-state index in [1.54, 1.807) is 0 Å². The summed E-state index contributed by atoms with van der Waals surface area (Å²) in [6, 6.07) is 19.7. The Morgan fingerprint density at radius 1 is 0.943 bits per heavy atom. The van der Waals surface area contributed by atoms with Gasteiger partial charge in [0.2, 0.25) is 0 Å². The van der Waals surface area contributed by atoms with Crippen molar-refractivity contribution in [1.29, 1.82) is 0 Å². The quantitative estimate of drug-likeness (QED) is 0.401. The van der Waals surface area contributed by atoms with E-state index < -0.39 is 0 Å². The first kappa shape index (κ1) is 22.4. The van der Waals surface area contributed by atoms with Gasteiger partial charge in [-0.25, -0.2) is 4.98 Å². The topological polar surface area (TPSA) is 68.5 Å². The first-order chi connectivity index (χ1) is 17.3. The van der Waals surface area contributed by atoms with Crippen molar-refractivity contribution in [3.05, 3.63) is 72.6 Å². The molecule has 2 saturated heterocycles. The molecule has 2 N–H and O–H groups in total. The van der Waals surface area contributed by atoms with Gasteiger partial charge in [0.25, 0.3) is 6.01 Å². The zero-order chi connectivity index (χ0) is 23.6. The maximum atomic E-state index is 10.3. The molecule has 6 nitrogen and oxygen atoms in total. The average Bonchev–Trinajstić information content (AvgIpc) is 3.59. The van der Waals surface area contributed by atoms with Gasteiger partial charge in [-0.1, -0.05) is 48.5 Å². The molecule has 0 spiro atoms. The van der Waals surface area contributed by atoms with Crippen molar-refractivity contribution in [1.82, 2.24) is 14.9 Å². The highest BCUT2D eigenvalue weighted by Gasteiger charge is 2.34. The first-order valence-corrected chi connectivity index (χ1v) is 13.0. The molecule has 2 aromatic heterocycles. The Hall–Kier alpha value is -3.09. The van der Waals surface area contributed by atoms with Gasteiger partial charge in [0.1, 0.15) is 0 Å². The number of hydrogen-bond acceptors (Lipinski definition) is 5. The number of nitrogens with one attached hydrogen (secondary N) is 1. The third kappa shape index (κ3) is 4.48. The molecule has 4 aromatic rings. The van der Waals surface area contributed by atoms with Crippen LogP contribution >= 0.6 is 0 Å². The molecule has 2 aliphatic rings. The molecule has 1 atom stereocenters. The smallest absolute Gasteiger partial charge is 0.297 e. The molecule has 2 aliphatic heterocycles. The van der Waals surface area contributed by atoms with Gasteiger partial charge in [-0.15, -0.1) is 0 Å². The van der Waals surface area contributed by atoms with E-state index in [1.165, 1.54) is 16.5 Å². The van der Waals surface area contributed by atoms with Crippen LogP contribution in [0, 0.1) is 5.92 Å². The summed E-state index contributed by atoms with van der Waals surface area (Å²) in [6.45, 7) is 4.18. The summed E-state index contributed by atoms with van der Waals surface area (Å²) in [6.07, 6.45) is 8.43. The monoisotopic (exact) mass is 470 g/mol. The zero-order valence-electron chi connectivity index (χ0n) is 20.1. The first-order valence-electron chi connectivity index (χ1n) is 13.0. The van der Waals surface area contributed by atoms with Gasteiger partial charge in [0.05, 0.1) is 12.8 Å². The molecule has 35 heavy (non-hydrogen) atoms. The number of aliphatic hydroxyl groups is 1. The number of rotatable bonds is 6. The van der Waals surface area contributed by atoms with Crippen molar-refractivity contribution >= 4 is 16.9 Å². The lowest BCUT2D eigenvalue weighted by molar-refractivity contribution is 0.0515. The summed E-state index contributed by atoms with van der Waals surface area (Å²) in [4.78, 5) is 12.8. The Labute approximate surface area is 206 Å². The van der Waals surface area contributed by atoms with Crippen molar-refractivity contribution < 1.29 is 9.52 Å². The molecular weight excluding hydrogens is 436 g/mol. The number of aliphatic hydroxyl groups excluding tert-OH is 1. The van der Waals surface area contributed by atoms with E-state index in [-0.39, 0.29) is 12.6 Å². The highest BCUT2D eigenvalue weighted by Crippen LogP contribution is 2.36. The molecule has 0 radical (unpaired) electrons. The summed E-state index contributed by atoms with van der Waals surface area (Å²) < 4.78 is 6.08. The molecule has 0 bridgehead atoms. The Morgan fingerprint density at radius 2 is 1.69 bits per heavy atom. The van der Waals surface area contributed by atoms with Gasteiger partial charge >= 0.3 is 0 Å². The molecule has 4 heterocycles. The second kappa shape index (κ2) is 9.88. The molecule has 0 saturated carbocycles. The lowest BCUT2D eigenvalue weighted by Crippen LogP contribution is -2.50. The Kier molecular flexibility index (Phi) is 6.32. The molecule has 1 unspecified atom stereocenters. The maximum absolute atomic E-state index is 10.3. The van der Waals surface area contributed by atoms with Crippen LogP contribution in [0.3, 0.4) is 0 Å². The number of oxazole rings is 1. The average molecular weight is 471 g/mol. The summed E-state index contributed by atoms with van der Waals surface area (Å²) in [5.41, 5.74) is 3.74. The van der Waals surface area contributed by atoms with Crippen LogP contribution in [-0.2, 0) is 0 Å². The predicted molar refractivity (Wildman–Crippen MR) is 140 cm³/mol. The third-order valence-electron chi connectivity index (χ3n) is 8.15. The standard InChI is InChI=1S/C29H34N4O2/c34-20-27(32-14-10-21(11-15-32)25-18-30-26-9-5-4-8-24(25)26)22-12-16-33(17-13-22)29-31-19-28(35-29)23-6-2-1-3-7-23/h1-9,18-19,21-22,27,30,34H,10-17,20H2. The van der Waals surface area contributed by atoms with Gasteiger partial charge in [-0.05, 0) is 62.2 Å². The summed E-state index contributed by atoms with van der Waals surface area (Å²) in [5, 5.41) is 11.7. The highest BCUT2D eigenvalue weighted by atomic mass is 16.4. The van der Waals surface area contributed by atoms with E-state index in [0.717, 1.165) is 63.2 Å². The minimum atomic E-state index is 0.236. The summed E-state index contributed by atoms with van der Waals surface area (Å²) in [5.74, 6) is 1.91. The molecule has 182 valence electrons. The third-order valence-corrected chi connectivity index (χ3v) is 8.15. The van der Waals surface area contributed by atoms with Crippen LogP contribution in [0.4, 0.5) is 6.01 Å². The Morgan fingerprint density at radius 3 is 2.46 bits per heavy atom. The highest BCUT2D eigenvalue weighted by molar-refractivity contribution is 5.83. The normalized spacial score (nSPS) is 19.4. The number of fused-ring (bicyclic) bond motifs is 1. The van der Waals surface area contributed by atoms with Crippen LogP contribution in [0.15, 0.2) is 71.4 Å². The molecule has 0 aliphatic carbocycles. The second-order valence-corrected chi connectivity index (χ2v) is 10.0. The summed E-state index contributed by atoms with van der Waals surface area (Å²) >= 11 is 0. The number of H-pyrrole nitrogens is 1. The van der Waals surface area contributed by atoms with E-state index in [1.807, 2.05) is 36.5 Å².